The lowest BCUT2D eigenvalue weighted by Crippen LogP contribution is -1.98. The highest BCUT2D eigenvalue weighted by Crippen LogP contribution is 2.13. The van der Waals surface area contributed by atoms with Gasteiger partial charge in [-0.05, 0) is 24.5 Å². The quantitative estimate of drug-likeness (QED) is 0.631. The lowest BCUT2D eigenvalue weighted by Gasteiger charge is -2.04. The van der Waals surface area contributed by atoms with Gasteiger partial charge < -0.3 is 4.74 Å². The molecule has 1 aromatic rings. The molecule has 0 spiro atoms. The normalized spacial score (nSPS) is 9.00. The molecule has 2 heteroatoms. The molecule has 1 aromatic heterocycles. The van der Waals surface area contributed by atoms with Crippen LogP contribution in [0.4, 0.5) is 0 Å². The van der Waals surface area contributed by atoms with Crippen molar-refractivity contribution in [1.82, 2.24) is 4.98 Å². The molecule has 62 valence electrons. The predicted octanol–water partition coefficient (Wildman–Crippen LogP) is 1.85. The highest BCUT2D eigenvalue weighted by atomic mass is 16.5. The van der Waals surface area contributed by atoms with Gasteiger partial charge in [-0.3, -0.25) is 0 Å². The van der Waals surface area contributed by atoms with Crippen molar-refractivity contribution in [2.75, 3.05) is 6.61 Å². The lowest BCUT2D eigenvalue weighted by atomic mass is 10.3. The van der Waals surface area contributed by atoms with Crippen molar-refractivity contribution in [3.8, 4) is 18.1 Å². The molecule has 0 radical (unpaired) electrons. The number of pyridine rings is 1. The molecule has 0 saturated heterocycles. The molecule has 0 aliphatic heterocycles. The SMILES string of the molecule is C#Cc1ncccc1OCCC. The molecule has 2 nitrogen and oxygen atoms in total. The van der Waals surface area contributed by atoms with Crippen LogP contribution in [0.2, 0.25) is 0 Å². The first kappa shape index (κ1) is 8.61. The molecule has 0 atom stereocenters. The summed E-state index contributed by atoms with van der Waals surface area (Å²) in [6.07, 6.45) is 7.86. The number of hydrogen-bond acceptors (Lipinski definition) is 2. The topological polar surface area (TPSA) is 22.1 Å². The first-order valence-electron chi connectivity index (χ1n) is 3.93. The van der Waals surface area contributed by atoms with E-state index in [0.717, 1.165) is 6.42 Å². The molecule has 0 amide bonds. The van der Waals surface area contributed by atoms with Gasteiger partial charge in [0.25, 0.3) is 0 Å². The smallest absolute Gasteiger partial charge is 0.154 e. The molecule has 12 heavy (non-hydrogen) atoms. The van der Waals surface area contributed by atoms with Crippen molar-refractivity contribution in [1.29, 1.82) is 0 Å². The predicted molar refractivity (Wildman–Crippen MR) is 48.0 cm³/mol. The molecule has 0 saturated carbocycles. The summed E-state index contributed by atoms with van der Waals surface area (Å²) in [5.74, 6) is 3.16. The van der Waals surface area contributed by atoms with E-state index >= 15 is 0 Å². The van der Waals surface area contributed by atoms with Crippen molar-refractivity contribution in [3.63, 3.8) is 0 Å². The van der Waals surface area contributed by atoms with E-state index in [-0.39, 0.29) is 0 Å². The highest BCUT2D eigenvalue weighted by Gasteiger charge is 1.98. The Bertz CT molecular complexity index is 288. The van der Waals surface area contributed by atoms with Gasteiger partial charge in [0.05, 0.1) is 6.61 Å². The first-order chi connectivity index (χ1) is 5.88. The Morgan fingerprint density at radius 1 is 1.67 bits per heavy atom. The summed E-state index contributed by atoms with van der Waals surface area (Å²) in [6, 6.07) is 3.64. The second-order valence-corrected chi connectivity index (χ2v) is 2.34. The van der Waals surface area contributed by atoms with Gasteiger partial charge in [-0.1, -0.05) is 6.92 Å². The molecular formula is C10H11NO. The molecule has 0 aliphatic carbocycles. The molecule has 1 heterocycles. The van der Waals surface area contributed by atoms with Gasteiger partial charge in [0.2, 0.25) is 0 Å². The van der Waals surface area contributed by atoms with Crippen molar-refractivity contribution in [3.05, 3.63) is 24.0 Å². The Labute approximate surface area is 72.6 Å². The molecule has 0 N–H and O–H groups in total. The van der Waals surface area contributed by atoms with Crippen LogP contribution in [-0.2, 0) is 0 Å². The number of terminal acetylenes is 1. The molecule has 0 aliphatic rings. The fourth-order valence-corrected chi connectivity index (χ4v) is 0.827. The maximum Gasteiger partial charge on any atom is 0.154 e. The van der Waals surface area contributed by atoms with Crippen molar-refractivity contribution < 1.29 is 4.74 Å². The van der Waals surface area contributed by atoms with Crippen LogP contribution >= 0.6 is 0 Å². The van der Waals surface area contributed by atoms with E-state index < -0.39 is 0 Å². The average Bonchev–Trinajstić information content (AvgIpc) is 2.15. The van der Waals surface area contributed by atoms with Gasteiger partial charge in [0.1, 0.15) is 0 Å². The summed E-state index contributed by atoms with van der Waals surface area (Å²) in [5, 5.41) is 0. The summed E-state index contributed by atoms with van der Waals surface area (Å²) in [4.78, 5) is 3.99. The minimum Gasteiger partial charge on any atom is -0.491 e. The largest absolute Gasteiger partial charge is 0.491 e. The van der Waals surface area contributed by atoms with Crippen LogP contribution in [-0.4, -0.2) is 11.6 Å². The van der Waals surface area contributed by atoms with Crippen molar-refractivity contribution >= 4 is 0 Å². The zero-order valence-corrected chi connectivity index (χ0v) is 7.08. The minimum atomic E-state index is 0.575. The molecule has 0 fully saturated rings. The summed E-state index contributed by atoms with van der Waals surface area (Å²) in [6.45, 7) is 2.73. The third-order valence-electron chi connectivity index (χ3n) is 1.37. The second kappa shape index (κ2) is 4.40. The standard InChI is InChI=1S/C10H11NO/c1-3-8-12-10-6-5-7-11-9(10)4-2/h2,5-7H,3,8H2,1H3. The Balaban J connectivity index is 2.77. The third-order valence-corrected chi connectivity index (χ3v) is 1.37. The van der Waals surface area contributed by atoms with Crippen LogP contribution in [0.5, 0.6) is 5.75 Å². The van der Waals surface area contributed by atoms with Crippen LogP contribution in [0.25, 0.3) is 0 Å². The molecule has 0 aromatic carbocycles. The van der Waals surface area contributed by atoms with E-state index in [1.54, 1.807) is 6.20 Å². The highest BCUT2D eigenvalue weighted by molar-refractivity contribution is 5.38. The van der Waals surface area contributed by atoms with Gasteiger partial charge in [0.15, 0.2) is 11.4 Å². The number of ether oxygens (including phenoxy) is 1. The first-order valence-corrected chi connectivity index (χ1v) is 3.93. The monoisotopic (exact) mass is 161 g/mol. The summed E-state index contributed by atoms with van der Waals surface area (Å²) < 4.78 is 5.37. The van der Waals surface area contributed by atoms with Gasteiger partial charge in [-0.25, -0.2) is 4.98 Å². The fraction of sp³-hybridized carbons (Fsp3) is 0.300. The Hall–Kier alpha value is -1.49. The summed E-state index contributed by atoms with van der Waals surface area (Å²) in [5.41, 5.74) is 0.575. The molecule has 1 rings (SSSR count). The maximum atomic E-state index is 5.37. The van der Waals surface area contributed by atoms with Crippen molar-refractivity contribution in [2.24, 2.45) is 0 Å². The summed E-state index contributed by atoms with van der Waals surface area (Å²) in [7, 11) is 0. The van der Waals surface area contributed by atoms with Gasteiger partial charge in [-0.2, -0.15) is 0 Å². The van der Waals surface area contributed by atoms with E-state index in [0.29, 0.717) is 18.1 Å². The van der Waals surface area contributed by atoms with Gasteiger partial charge in [-0.15, -0.1) is 6.42 Å². The van der Waals surface area contributed by atoms with Crippen LogP contribution in [0.3, 0.4) is 0 Å². The van der Waals surface area contributed by atoms with E-state index in [2.05, 4.69) is 10.9 Å². The van der Waals surface area contributed by atoms with Gasteiger partial charge >= 0.3 is 0 Å². The van der Waals surface area contributed by atoms with E-state index in [4.69, 9.17) is 11.2 Å². The van der Waals surface area contributed by atoms with Crippen LogP contribution in [0, 0.1) is 12.3 Å². The lowest BCUT2D eigenvalue weighted by molar-refractivity contribution is 0.315. The number of nitrogens with zero attached hydrogens (tertiary/aromatic N) is 1. The molecular weight excluding hydrogens is 150 g/mol. The van der Waals surface area contributed by atoms with E-state index in [9.17, 15) is 0 Å². The number of rotatable bonds is 3. The van der Waals surface area contributed by atoms with Crippen molar-refractivity contribution in [2.45, 2.75) is 13.3 Å². The van der Waals surface area contributed by atoms with E-state index in [1.807, 2.05) is 19.1 Å². The maximum absolute atomic E-state index is 5.37. The Morgan fingerprint density at radius 3 is 3.17 bits per heavy atom. The van der Waals surface area contributed by atoms with Gasteiger partial charge in [0, 0.05) is 6.20 Å². The summed E-state index contributed by atoms with van der Waals surface area (Å²) >= 11 is 0. The Kier molecular flexibility index (Phi) is 3.16. The van der Waals surface area contributed by atoms with Crippen LogP contribution in [0.1, 0.15) is 19.0 Å². The minimum absolute atomic E-state index is 0.575. The zero-order valence-electron chi connectivity index (χ0n) is 7.08. The molecule has 0 bridgehead atoms. The van der Waals surface area contributed by atoms with E-state index in [1.165, 1.54) is 0 Å². The van der Waals surface area contributed by atoms with Crippen LogP contribution < -0.4 is 4.74 Å². The second-order valence-electron chi connectivity index (χ2n) is 2.34. The molecule has 0 unspecified atom stereocenters. The average molecular weight is 161 g/mol. The zero-order chi connectivity index (χ0) is 8.81. The van der Waals surface area contributed by atoms with Crippen LogP contribution in [0.15, 0.2) is 18.3 Å². The Morgan fingerprint density at radius 2 is 2.50 bits per heavy atom. The number of aromatic nitrogens is 1. The third kappa shape index (κ3) is 2.00. The number of hydrogen-bond donors (Lipinski definition) is 0. The fourth-order valence-electron chi connectivity index (χ4n) is 0.827.